The van der Waals surface area contributed by atoms with Gasteiger partial charge in [0.05, 0.1) is 18.4 Å². The fourth-order valence-electron chi connectivity index (χ4n) is 1.99. The summed E-state index contributed by atoms with van der Waals surface area (Å²) in [5.41, 5.74) is 0.463. The number of methoxy groups -OCH3 is 1. The van der Waals surface area contributed by atoms with Gasteiger partial charge in [-0.1, -0.05) is 6.07 Å². The Labute approximate surface area is 159 Å². The van der Waals surface area contributed by atoms with E-state index in [9.17, 15) is 19.2 Å². The summed E-state index contributed by atoms with van der Waals surface area (Å²) in [5.74, 6) is -1.00. The van der Waals surface area contributed by atoms with Crippen molar-refractivity contribution in [3.63, 3.8) is 0 Å². The highest BCUT2D eigenvalue weighted by Gasteiger charge is 2.14. The van der Waals surface area contributed by atoms with Gasteiger partial charge in [0.2, 0.25) is 0 Å². The number of nitrogens with one attached hydrogen (secondary N) is 2. The van der Waals surface area contributed by atoms with Crippen molar-refractivity contribution in [2.75, 3.05) is 19.0 Å². The fourth-order valence-corrected chi connectivity index (χ4v) is 2.69. The van der Waals surface area contributed by atoms with Gasteiger partial charge in [-0.2, -0.15) is 0 Å². The van der Waals surface area contributed by atoms with Crippen molar-refractivity contribution in [3.05, 3.63) is 46.7 Å². The van der Waals surface area contributed by atoms with Crippen molar-refractivity contribution in [3.8, 4) is 5.75 Å². The summed E-state index contributed by atoms with van der Waals surface area (Å²) >= 11 is 1.29. The van der Waals surface area contributed by atoms with Gasteiger partial charge in [0.15, 0.2) is 12.4 Å². The molecule has 0 radical (unpaired) electrons. The molecule has 8 nitrogen and oxygen atoms in total. The number of Topliss-reactive ketones (excluding diaryl/α,β-unsaturated/α-hetero) is 1. The van der Waals surface area contributed by atoms with Crippen molar-refractivity contribution < 1.29 is 28.7 Å². The fraction of sp³-hybridized carbons (Fsp3) is 0.222. The summed E-state index contributed by atoms with van der Waals surface area (Å²) in [4.78, 5) is 47.3. The normalized spacial score (nSPS) is 9.96. The second-order valence-electron chi connectivity index (χ2n) is 5.29. The maximum absolute atomic E-state index is 11.8. The van der Waals surface area contributed by atoms with Gasteiger partial charge in [-0.3, -0.25) is 19.7 Å². The molecule has 1 heterocycles. The molecule has 1 aromatic carbocycles. The number of rotatable bonds is 8. The van der Waals surface area contributed by atoms with E-state index in [0.717, 1.165) is 0 Å². The molecule has 9 heteroatoms. The first-order chi connectivity index (χ1) is 13.0. The molecule has 1 aromatic heterocycles. The van der Waals surface area contributed by atoms with Gasteiger partial charge < -0.3 is 14.8 Å². The summed E-state index contributed by atoms with van der Waals surface area (Å²) in [7, 11) is 1.52. The topological polar surface area (TPSA) is 111 Å². The van der Waals surface area contributed by atoms with E-state index < -0.39 is 24.5 Å². The summed E-state index contributed by atoms with van der Waals surface area (Å²) in [6.07, 6.45) is -0.138. The van der Waals surface area contributed by atoms with Crippen LogP contribution in [0.4, 0.5) is 10.5 Å². The van der Waals surface area contributed by atoms with E-state index in [1.807, 2.05) is 5.32 Å². The number of carbonyl (C=O) groups is 4. The predicted octanol–water partition coefficient (Wildman–Crippen LogP) is 2.61. The Morgan fingerprint density at radius 1 is 1.04 bits per heavy atom. The molecular formula is C18H18N2O6S. The van der Waals surface area contributed by atoms with Crippen LogP contribution < -0.4 is 15.4 Å². The minimum absolute atomic E-state index is 0.00107. The standard InChI is InChI=1S/C18H18N2O6S/c1-25-13-6-4-12(5-7-13)19-18(24)20-16(22)11-26-17(23)9-8-14(21)15-3-2-10-27-15/h2-7,10H,8-9,11H2,1H3,(H2,19,20,22,24). The lowest BCUT2D eigenvalue weighted by atomic mass is 10.2. The number of hydrogen-bond donors (Lipinski definition) is 2. The summed E-state index contributed by atoms with van der Waals surface area (Å²) in [6.45, 7) is -0.609. The van der Waals surface area contributed by atoms with Crippen LogP contribution in [0.25, 0.3) is 0 Å². The second-order valence-corrected chi connectivity index (χ2v) is 6.24. The molecule has 0 spiro atoms. The molecule has 27 heavy (non-hydrogen) atoms. The number of urea groups is 1. The molecular weight excluding hydrogens is 372 g/mol. The van der Waals surface area contributed by atoms with Crippen molar-refractivity contribution in [2.24, 2.45) is 0 Å². The van der Waals surface area contributed by atoms with Gasteiger partial charge in [-0.05, 0) is 35.7 Å². The largest absolute Gasteiger partial charge is 0.497 e. The SMILES string of the molecule is COc1ccc(NC(=O)NC(=O)COC(=O)CCC(=O)c2cccs2)cc1. The third-order valence-electron chi connectivity index (χ3n) is 3.32. The van der Waals surface area contributed by atoms with Gasteiger partial charge in [-0.15, -0.1) is 11.3 Å². The maximum Gasteiger partial charge on any atom is 0.325 e. The molecule has 0 saturated carbocycles. The minimum atomic E-state index is -0.779. The molecule has 0 fully saturated rings. The van der Waals surface area contributed by atoms with Gasteiger partial charge in [0.25, 0.3) is 5.91 Å². The number of carbonyl (C=O) groups excluding carboxylic acids is 4. The lowest BCUT2D eigenvalue weighted by molar-refractivity contribution is -0.148. The number of amides is 3. The van der Waals surface area contributed by atoms with Crippen LogP contribution in [0.1, 0.15) is 22.5 Å². The number of benzene rings is 1. The Morgan fingerprint density at radius 3 is 2.41 bits per heavy atom. The third kappa shape index (κ3) is 6.90. The molecule has 2 aromatic rings. The van der Waals surface area contributed by atoms with Crippen LogP contribution in [0.2, 0.25) is 0 Å². The summed E-state index contributed by atoms with van der Waals surface area (Å²) in [5, 5.41) is 6.26. The van der Waals surface area contributed by atoms with Crippen LogP contribution >= 0.6 is 11.3 Å². The molecule has 0 unspecified atom stereocenters. The van der Waals surface area contributed by atoms with E-state index in [0.29, 0.717) is 16.3 Å². The number of thiophene rings is 1. The van der Waals surface area contributed by atoms with Gasteiger partial charge in [0.1, 0.15) is 5.75 Å². The van der Waals surface area contributed by atoms with E-state index in [2.05, 4.69) is 5.32 Å². The molecule has 142 valence electrons. The first-order valence-corrected chi connectivity index (χ1v) is 8.83. The van der Waals surface area contributed by atoms with Crippen LogP contribution in [0, 0.1) is 0 Å². The van der Waals surface area contributed by atoms with E-state index in [1.54, 1.807) is 41.8 Å². The van der Waals surface area contributed by atoms with Crippen LogP contribution in [-0.4, -0.2) is 37.4 Å². The first kappa shape index (κ1) is 20.1. The summed E-state index contributed by atoms with van der Waals surface area (Å²) in [6, 6.07) is 9.17. The van der Waals surface area contributed by atoms with Crippen molar-refractivity contribution in [1.82, 2.24) is 5.32 Å². The number of anilines is 1. The van der Waals surface area contributed by atoms with Crippen molar-refractivity contribution in [2.45, 2.75) is 12.8 Å². The van der Waals surface area contributed by atoms with Crippen LogP contribution in [0.15, 0.2) is 41.8 Å². The average molecular weight is 390 g/mol. The molecule has 0 atom stereocenters. The lowest BCUT2D eigenvalue weighted by Crippen LogP contribution is -2.37. The molecule has 0 aliphatic rings. The van der Waals surface area contributed by atoms with E-state index in [1.165, 1.54) is 18.4 Å². The average Bonchev–Trinajstić information content (AvgIpc) is 3.20. The second kappa shape index (κ2) is 10.1. The van der Waals surface area contributed by atoms with Crippen LogP contribution in [0.3, 0.4) is 0 Å². The van der Waals surface area contributed by atoms with E-state index >= 15 is 0 Å². The number of ketones is 1. The van der Waals surface area contributed by atoms with Crippen LogP contribution in [0.5, 0.6) is 5.75 Å². The maximum atomic E-state index is 11.8. The summed E-state index contributed by atoms with van der Waals surface area (Å²) < 4.78 is 9.75. The predicted molar refractivity (Wildman–Crippen MR) is 99.0 cm³/mol. The first-order valence-electron chi connectivity index (χ1n) is 7.95. The number of esters is 1. The zero-order valence-corrected chi connectivity index (χ0v) is 15.3. The zero-order valence-electron chi connectivity index (χ0n) is 14.5. The number of hydrogen-bond acceptors (Lipinski definition) is 7. The Morgan fingerprint density at radius 2 is 1.78 bits per heavy atom. The highest BCUT2D eigenvalue weighted by Crippen LogP contribution is 2.15. The van der Waals surface area contributed by atoms with Crippen molar-refractivity contribution in [1.29, 1.82) is 0 Å². The van der Waals surface area contributed by atoms with E-state index in [4.69, 9.17) is 9.47 Å². The van der Waals surface area contributed by atoms with E-state index in [-0.39, 0.29) is 18.6 Å². The Bertz CT molecular complexity index is 802. The number of imide groups is 1. The minimum Gasteiger partial charge on any atom is -0.497 e. The molecule has 0 aliphatic heterocycles. The molecule has 0 saturated heterocycles. The molecule has 2 N–H and O–H groups in total. The Balaban J connectivity index is 1.66. The van der Waals surface area contributed by atoms with Gasteiger partial charge in [-0.25, -0.2) is 4.79 Å². The molecule has 0 aliphatic carbocycles. The monoisotopic (exact) mass is 390 g/mol. The Hall–Kier alpha value is -3.20. The smallest absolute Gasteiger partial charge is 0.325 e. The molecule has 0 bridgehead atoms. The zero-order chi connectivity index (χ0) is 19.6. The van der Waals surface area contributed by atoms with Gasteiger partial charge in [0, 0.05) is 12.1 Å². The molecule has 2 rings (SSSR count). The number of ether oxygens (including phenoxy) is 2. The van der Waals surface area contributed by atoms with Crippen molar-refractivity contribution >= 4 is 40.7 Å². The quantitative estimate of drug-likeness (QED) is 0.529. The lowest BCUT2D eigenvalue weighted by Gasteiger charge is -2.08. The van der Waals surface area contributed by atoms with Gasteiger partial charge >= 0.3 is 12.0 Å². The highest BCUT2D eigenvalue weighted by molar-refractivity contribution is 7.12. The van der Waals surface area contributed by atoms with Crippen LogP contribution in [-0.2, 0) is 14.3 Å². The Kier molecular flexibility index (Phi) is 7.50. The third-order valence-corrected chi connectivity index (χ3v) is 4.23. The molecule has 3 amide bonds. The highest BCUT2D eigenvalue weighted by atomic mass is 32.1.